The van der Waals surface area contributed by atoms with Crippen LogP contribution in [0.2, 0.25) is 0 Å². The second kappa shape index (κ2) is 21.3. The number of hydrogen-bond acceptors (Lipinski definition) is 18. The van der Waals surface area contributed by atoms with Gasteiger partial charge in [-0.05, 0) is 14.0 Å². The van der Waals surface area contributed by atoms with Gasteiger partial charge in [0.2, 0.25) is 3.82 Å². The molecule has 3 heterocycles. The molecule has 0 aliphatic carbocycles. The van der Waals surface area contributed by atoms with Gasteiger partial charge in [-0.15, -0.1) is 0 Å². The van der Waals surface area contributed by atoms with Gasteiger partial charge in [0.15, 0.2) is 36.0 Å². The molecule has 234 valence electrons. The van der Waals surface area contributed by atoms with Crippen LogP contribution in [0.15, 0.2) is 11.5 Å². The van der Waals surface area contributed by atoms with Crippen LogP contribution in [0.3, 0.4) is 0 Å². The van der Waals surface area contributed by atoms with Crippen molar-refractivity contribution in [3.8, 4) is 0 Å². The van der Waals surface area contributed by atoms with Gasteiger partial charge in [-0.2, -0.15) is 0 Å². The van der Waals surface area contributed by atoms with Crippen molar-refractivity contribution in [2.45, 2.75) is 46.9 Å². The first-order chi connectivity index (χ1) is 19.0. The Balaban J connectivity index is 0. The van der Waals surface area contributed by atoms with Crippen LogP contribution in [0, 0.1) is 0 Å². The normalized spacial score (nSPS) is 22.6. The predicted octanol–water partition coefficient (Wildman–Crippen LogP) is -12.9. The van der Waals surface area contributed by atoms with E-state index in [1.165, 1.54) is 29.8 Å². The third kappa shape index (κ3) is 12.9. The van der Waals surface area contributed by atoms with Gasteiger partial charge in [0.25, 0.3) is 7.82 Å². The topological polar surface area (TPSA) is 276 Å². The number of phosphoric ester groups is 1. The monoisotopic (exact) mass is 793 g/mol. The second-order valence-electron chi connectivity index (χ2n) is 8.32. The van der Waals surface area contributed by atoms with E-state index in [0.29, 0.717) is 29.9 Å². The number of imidazole rings is 1. The molecule has 28 heteroatoms. The number of hydrogen-bond donors (Lipinski definition) is 3. The van der Waals surface area contributed by atoms with E-state index >= 15 is 0 Å². The SMILES string of the molecule is CCCSc1nc(NCCOC)c2ncn([C@@H]3O[C@H](COP(=O)([O-])OP(=O)([O-])C(Cl)(Cl)P(=O)([O-])[O-])[C@@H](O)[C@H]3O)c2n1.[Na+].[Na+].[Na+].[Na+]. The number of nitrogens with zero attached hydrogens (tertiary/aromatic N) is 4. The largest absolute Gasteiger partial charge is 1.00 e. The standard InChI is InChI=1S/C17H28Cl2N5O13P3S.4Na/c1-3-6-41-16-22-13(20-4-5-34-2)10-14(23-16)24(8-21-10)15-12(26)11(25)9(36-15)7-35-40(32,33)37-39(30,31)17(18,19)38(27,28)29;;;;/h8-9,11-12,15,25-26H,3-7H2,1-2H3,(H,30,31)(H,32,33)(H,20,22,23)(H2,27,28,29);;;;/q;4*+1/p-4/t9-,11-,12-,15-;;;;/m1..../s1. The van der Waals surface area contributed by atoms with Gasteiger partial charge in [0.1, 0.15) is 18.3 Å². The number of methoxy groups -OCH3 is 1. The van der Waals surface area contributed by atoms with Crippen molar-refractivity contribution in [1.82, 2.24) is 19.5 Å². The molecule has 1 fully saturated rings. The molecule has 0 bridgehead atoms. The predicted molar refractivity (Wildman–Crippen MR) is 137 cm³/mol. The van der Waals surface area contributed by atoms with Gasteiger partial charge in [-0.25, -0.2) is 15.0 Å². The Hall–Kier alpha value is 3.57. The Morgan fingerprint density at radius 2 is 1.73 bits per heavy atom. The maximum atomic E-state index is 12.1. The number of phosphoric acid groups is 1. The van der Waals surface area contributed by atoms with E-state index in [9.17, 15) is 43.5 Å². The molecule has 18 nitrogen and oxygen atoms in total. The molecule has 45 heavy (non-hydrogen) atoms. The Labute approximate surface area is 360 Å². The number of alkyl halides is 2. The smallest absolute Gasteiger partial charge is 0.808 e. The fourth-order valence-corrected chi connectivity index (χ4v) is 8.09. The summed E-state index contributed by atoms with van der Waals surface area (Å²) in [5.41, 5.74) is 0.483. The quantitative estimate of drug-likeness (QED) is 0.0377. The van der Waals surface area contributed by atoms with E-state index in [4.69, 9.17) is 32.7 Å². The minimum Gasteiger partial charge on any atom is -0.808 e. The maximum absolute atomic E-state index is 12.1. The molecule has 0 saturated carbocycles. The summed E-state index contributed by atoms with van der Waals surface area (Å²) in [5.74, 6) is 1.06. The minimum atomic E-state index is -6.34. The van der Waals surface area contributed by atoms with Gasteiger partial charge in [-0.1, -0.05) is 41.9 Å². The summed E-state index contributed by atoms with van der Waals surface area (Å²) >= 11 is 11.4. The van der Waals surface area contributed by atoms with E-state index in [0.717, 1.165) is 6.42 Å². The molecule has 0 amide bonds. The molecule has 1 aliphatic rings. The average Bonchev–Trinajstić information content (AvgIpc) is 3.41. The Kier molecular flexibility index (Phi) is 24.0. The molecule has 0 aromatic carbocycles. The Morgan fingerprint density at radius 3 is 2.29 bits per heavy atom. The summed E-state index contributed by atoms with van der Waals surface area (Å²) in [6.07, 6.45) is -4.36. The van der Waals surface area contributed by atoms with Crippen LogP contribution in [0.5, 0.6) is 0 Å². The van der Waals surface area contributed by atoms with Crippen LogP contribution in [0.1, 0.15) is 19.6 Å². The van der Waals surface area contributed by atoms with Crippen molar-refractivity contribution < 1.29 is 180 Å². The molecule has 2 aromatic heterocycles. The molecule has 0 radical (unpaired) electrons. The summed E-state index contributed by atoms with van der Waals surface area (Å²) in [7, 11) is -17.1. The number of thioether (sulfide) groups is 1. The van der Waals surface area contributed by atoms with Crippen LogP contribution in [0.4, 0.5) is 5.82 Å². The van der Waals surface area contributed by atoms with Crippen molar-refractivity contribution >= 4 is 75.0 Å². The number of anilines is 1. The molecule has 2 unspecified atom stereocenters. The maximum Gasteiger partial charge on any atom is 1.00 e. The molecule has 1 saturated heterocycles. The summed E-state index contributed by atoms with van der Waals surface area (Å²) in [6, 6.07) is 0. The third-order valence-corrected chi connectivity index (χ3v) is 13.8. The van der Waals surface area contributed by atoms with E-state index in [2.05, 4.69) is 29.1 Å². The van der Waals surface area contributed by atoms with Gasteiger partial charge in [0.05, 0.1) is 19.5 Å². The number of ether oxygens (including phenoxy) is 2. The Bertz CT molecular complexity index is 1390. The van der Waals surface area contributed by atoms with E-state index in [-0.39, 0.29) is 129 Å². The van der Waals surface area contributed by atoms with Gasteiger partial charge < -0.3 is 58.2 Å². The fraction of sp³-hybridized carbons (Fsp3) is 0.706. The molecule has 6 atom stereocenters. The summed E-state index contributed by atoms with van der Waals surface area (Å²) in [4.78, 5) is 59.3. The van der Waals surface area contributed by atoms with Crippen LogP contribution >= 0.6 is 58.0 Å². The summed E-state index contributed by atoms with van der Waals surface area (Å²) in [6.45, 7) is 1.59. The van der Waals surface area contributed by atoms with Crippen LogP contribution < -0.4 is 143 Å². The van der Waals surface area contributed by atoms with Crippen LogP contribution in [-0.2, 0) is 32.0 Å². The molecular formula is C17H24Cl2N5Na4O13P3S. The molecule has 2 aromatic rings. The van der Waals surface area contributed by atoms with Gasteiger partial charge in [0, 0.05) is 19.4 Å². The zero-order chi connectivity index (χ0) is 30.8. The van der Waals surface area contributed by atoms with Crippen molar-refractivity contribution in [1.29, 1.82) is 0 Å². The van der Waals surface area contributed by atoms with Crippen LogP contribution in [-0.4, -0.2) is 84.5 Å². The molecule has 1 aliphatic heterocycles. The number of aliphatic hydroxyl groups is 2. The first-order valence-electron chi connectivity index (χ1n) is 11.5. The van der Waals surface area contributed by atoms with Crippen molar-refractivity contribution in [3.05, 3.63) is 6.33 Å². The first kappa shape index (κ1) is 50.7. The fourth-order valence-electron chi connectivity index (χ4n) is 3.35. The number of aliphatic hydroxyl groups excluding tert-OH is 2. The number of halogens is 2. The van der Waals surface area contributed by atoms with Crippen molar-refractivity contribution in [2.24, 2.45) is 0 Å². The number of aromatic nitrogens is 4. The van der Waals surface area contributed by atoms with Crippen molar-refractivity contribution in [2.75, 3.05) is 37.9 Å². The third-order valence-electron chi connectivity index (χ3n) is 5.31. The summed E-state index contributed by atoms with van der Waals surface area (Å²) < 4.78 is 50.8. The van der Waals surface area contributed by atoms with Gasteiger partial charge >= 0.3 is 118 Å². The molecule has 3 N–H and O–H groups in total. The average molecular weight is 794 g/mol. The number of fused-ring (bicyclic) bond motifs is 1. The molecule has 0 spiro atoms. The van der Waals surface area contributed by atoms with Crippen molar-refractivity contribution in [3.63, 3.8) is 0 Å². The summed E-state index contributed by atoms with van der Waals surface area (Å²) in [5, 5.41) is 24.6. The zero-order valence-corrected chi connectivity index (χ0v) is 38.1. The zero-order valence-electron chi connectivity index (χ0n) is 25.1. The van der Waals surface area contributed by atoms with E-state index < -0.39 is 58.0 Å². The number of rotatable bonds is 15. The first-order valence-corrected chi connectivity index (χ1v) is 17.7. The van der Waals surface area contributed by atoms with E-state index in [1.54, 1.807) is 0 Å². The minimum absolute atomic E-state index is 0. The van der Waals surface area contributed by atoms with E-state index in [1.807, 2.05) is 6.92 Å². The van der Waals surface area contributed by atoms with Gasteiger partial charge in [-0.3, -0.25) is 13.4 Å². The number of nitrogens with one attached hydrogen (secondary N) is 1. The molecular weight excluding hydrogens is 770 g/mol. The second-order valence-corrected chi connectivity index (χ2v) is 17.3. The van der Waals surface area contributed by atoms with Crippen LogP contribution in [0.25, 0.3) is 11.2 Å². The molecule has 3 rings (SSSR count). The Morgan fingerprint density at radius 1 is 1.11 bits per heavy atom.